The summed E-state index contributed by atoms with van der Waals surface area (Å²) in [6.07, 6.45) is 1.98. The molecule has 5 heteroatoms. The second kappa shape index (κ2) is 5.11. The van der Waals surface area contributed by atoms with Gasteiger partial charge in [0.15, 0.2) is 0 Å². The number of carbonyl (C=O) groups is 2. The van der Waals surface area contributed by atoms with Crippen molar-refractivity contribution in [1.82, 2.24) is 5.32 Å². The Balaban J connectivity index is 2.55. The molecule has 86 valence electrons. The van der Waals surface area contributed by atoms with E-state index in [4.69, 9.17) is 10.2 Å². The van der Waals surface area contributed by atoms with Gasteiger partial charge in [-0.1, -0.05) is 6.42 Å². The lowest BCUT2D eigenvalue weighted by Crippen LogP contribution is -2.41. The Bertz CT molecular complexity index is 254. The van der Waals surface area contributed by atoms with Crippen LogP contribution in [0.15, 0.2) is 0 Å². The van der Waals surface area contributed by atoms with Gasteiger partial charge in [-0.05, 0) is 19.8 Å². The lowest BCUT2D eigenvalue weighted by Gasteiger charge is -2.18. The molecular weight excluding hydrogens is 198 g/mol. The van der Waals surface area contributed by atoms with E-state index in [0.717, 1.165) is 6.42 Å². The number of carbonyl (C=O) groups excluding carboxylic acids is 1. The van der Waals surface area contributed by atoms with E-state index in [9.17, 15) is 9.59 Å². The highest BCUT2D eigenvalue weighted by molar-refractivity contribution is 5.85. The predicted molar refractivity (Wildman–Crippen MR) is 53.2 cm³/mol. The lowest BCUT2D eigenvalue weighted by molar-refractivity contribution is -0.146. The molecule has 1 rings (SSSR count). The van der Waals surface area contributed by atoms with E-state index < -0.39 is 17.8 Å². The summed E-state index contributed by atoms with van der Waals surface area (Å²) in [5.74, 6) is -2.14. The van der Waals surface area contributed by atoms with Gasteiger partial charge in [0.25, 0.3) is 0 Å². The zero-order valence-corrected chi connectivity index (χ0v) is 8.77. The Morgan fingerprint density at radius 3 is 2.53 bits per heavy atom. The summed E-state index contributed by atoms with van der Waals surface area (Å²) >= 11 is 0. The molecule has 5 nitrogen and oxygen atoms in total. The molecule has 1 aliphatic carbocycles. The van der Waals surface area contributed by atoms with Crippen LogP contribution in [-0.4, -0.2) is 34.7 Å². The molecule has 0 aromatic rings. The van der Waals surface area contributed by atoms with Crippen LogP contribution in [0.2, 0.25) is 0 Å². The largest absolute Gasteiger partial charge is 0.481 e. The Kier molecular flexibility index (Phi) is 4.08. The Labute approximate surface area is 88.5 Å². The normalized spacial score (nSPS) is 27.3. The van der Waals surface area contributed by atoms with Crippen LogP contribution in [0.4, 0.5) is 0 Å². The molecule has 0 aromatic heterocycles. The van der Waals surface area contributed by atoms with Gasteiger partial charge >= 0.3 is 5.97 Å². The Morgan fingerprint density at radius 1 is 1.40 bits per heavy atom. The molecule has 0 aromatic carbocycles. The van der Waals surface area contributed by atoms with E-state index in [1.165, 1.54) is 0 Å². The third-order valence-electron chi connectivity index (χ3n) is 2.83. The molecule has 1 amide bonds. The minimum Gasteiger partial charge on any atom is -0.481 e. The molecule has 2 unspecified atom stereocenters. The van der Waals surface area contributed by atoms with Crippen LogP contribution in [0.3, 0.4) is 0 Å². The zero-order chi connectivity index (χ0) is 11.4. The molecule has 1 saturated carbocycles. The van der Waals surface area contributed by atoms with Crippen molar-refractivity contribution in [3.8, 4) is 0 Å². The third-order valence-corrected chi connectivity index (χ3v) is 2.83. The average molecular weight is 215 g/mol. The van der Waals surface area contributed by atoms with Crippen molar-refractivity contribution in [2.75, 3.05) is 6.61 Å². The molecule has 1 aliphatic rings. The fraction of sp³-hybridized carbons (Fsp3) is 0.800. The molecule has 1 fully saturated rings. The first-order chi connectivity index (χ1) is 7.06. The Hall–Kier alpha value is -1.10. The SMILES string of the molecule is C[C@H](CO)NC(=O)C1CCCC1C(=O)O. The number of rotatable bonds is 4. The summed E-state index contributed by atoms with van der Waals surface area (Å²) in [6.45, 7) is 1.55. The lowest BCUT2D eigenvalue weighted by atomic mass is 9.95. The van der Waals surface area contributed by atoms with Gasteiger partial charge in [0.05, 0.1) is 18.4 Å². The maximum atomic E-state index is 11.6. The van der Waals surface area contributed by atoms with Crippen LogP contribution in [0, 0.1) is 11.8 Å². The van der Waals surface area contributed by atoms with Crippen LogP contribution in [0.1, 0.15) is 26.2 Å². The average Bonchev–Trinajstić information content (AvgIpc) is 2.65. The van der Waals surface area contributed by atoms with Crippen LogP contribution >= 0.6 is 0 Å². The number of carboxylic acid groups (broad SMARTS) is 1. The van der Waals surface area contributed by atoms with Gasteiger partial charge in [0.2, 0.25) is 5.91 Å². The first kappa shape index (κ1) is 12.0. The fourth-order valence-corrected chi connectivity index (χ4v) is 1.96. The smallest absolute Gasteiger partial charge is 0.307 e. The van der Waals surface area contributed by atoms with Gasteiger partial charge in [-0.2, -0.15) is 0 Å². The summed E-state index contributed by atoms with van der Waals surface area (Å²) in [4.78, 5) is 22.5. The highest BCUT2D eigenvalue weighted by Gasteiger charge is 2.37. The molecule has 0 bridgehead atoms. The van der Waals surface area contributed by atoms with Crippen LogP contribution in [0.25, 0.3) is 0 Å². The number of nitrogens with one attached hydrogen (secondary N) is 1. The molecule has 15 heavy (non-hydrogen) atoms. The van der Waals surface area contributed by atoms with Crippen LogP contribution in [-0.2, 0) is 9.59 Å². The molecule has 0 spiro atoms. The van der Waals surface area contributed by atoms with Gasteiger partial charge in [-0.25, -0.2) is 0 Å². The van der Waals surface area contributed by atoms with Gasteiger partial charge in [0, 0.05) is 6.04 Å². The predicted octanol–water partition coefficient (Wildman–Crippen LogP) is -0.0157. The quantitative estimate of drug-likeness (QED) is 0.615. The highest BCUT2D eigenvalue weighted by Crippen LogP contribution is 2.32. The van der Waals surface area contributed by atoms with Crippen molar-refractivity contribution in [3.63, 3.8) is 0 Å². The number of aliphatic carboxylic acids is 1. The first-order valence-corrected chi connectivity index (χ1v) is 5.20. The summed E-state index contributed by atoms with van der Waals surface area (Å²) in [6, 6.07) is -0.312. The second-order valence-electron chi connectivity index (χ2n) is 4.07. The standard InChI is InChI=1S/C10H17NO4/c1-6(5-12)11-9(13)7-3-2-4-8(7)10(14)15/h6-8,12H,2-5H2,1H3,(H,11,13)(H,14,15)/t6-,7?,8?/m1/s1. The minimum absolute atomic E-state index is 0.129. The van der Waals surface area contributed by atoms with E-state index >= 15 is 0 Å². The number of aliphatic hydroxyl groups excluding tert-OH is 1. The van der Waals surface area contributed by atoms with Gasteiger partial charge < -0.3 is 15.5 Å². The van der Waals surface area contributed by atoms with Crippen LogP contribution in [0.5, 0.6) is 0 Å². The first-order valence-electron chi connectivity index (χ1n) is 5.20. The highest BCUT2D eigenvalue weighted by atomic mass is 16.4. The van der Waals surface area contributed by atoms with E-state index in [2.05, 4.69) is 5.32 Å². The molecule has 0 aliphatic heterocycles. The second-order valence-corrected chi connectivity index (χ2v) is 4.07. The number of hydrogen-bond donors (Lipinski definition) is 3. The molecule has 0 radical (unpaired) electrons. The third kappa shape index (κ3) is 2.92. The minimum atomic E-state index is -0.899. The van der Waals surface area contributed by atoms with Crippen molar-refractivity contribution >= 4 is 11.9 Å². The molecule has 0 saturated heterocycles. The van der Waals surface area contributed by atoms with E-state index in [1.807, 2.05) is 0 Å². The van der Waals surface area contributed by atoms with E-state index in [-0.39, 0.29) is 18.6 Å². The number of amides is 1. The maximum Gasteiger partial charge on any atom is 0.307 e. The van der Waals surface area contributed by atoms with Crippen molar-refractivity contribution in [2.45, 2.75) is 32.2 Å². The van der Waals surface area contributed by atoms with Gasteiger partial charge in [-0.15, -0.1) is 0 Å². The number of aliphatic hydroxyl groups is 1. The van der Waals surface area contributed by atoms with Crippen molar-refractivity contribution in [3.05, 3.63) is 0 Å². The monoisotopic (exact) mass is 215 g/mol. The van der Waals surface area contributed by atoms with Crippen molar-refractivity contribution < 1.29 is 19.8 Å². The van der Waals surface area contributed by atoms with E-state index in [1.54, 1.807) is 6.92 Å². The van der Waals surface area contributed by atoms with Crippen molar-refractivity contribution in [1.29, 1.82) is 0 Å². The maximum absolute atomic E-state index is 11.6. The fourth-order valence-electron chi connectivity index (χ4n) is 1.96. The summed E-state index contributed by atoms with van der Waals surface area (Å²) in [7, 11) is 0. The molecule has 3 N–H and O–H groups in total. The van der Waals surface area contributed by atoms with Gasteiger partial charge in [-0.3, -0.25) is 9.59 Å². The number of hydrogen-bond acceptors (Lipinski definition) is 3. The summed E-state index contributed by atoms with van der Waals surface area (Å²) in [5.41, 5.74) is 0. The summed E-state index contributed by atoms with van der Waals surface area (Å²) in [5, 5.41) is 20.3. The molecule has 0 heterocycles. The Morgan fingerprint density at radius 2 is 2.00 bits per heavy atom. The zero-order valence-electron chi connectivity index (χ0n) is 8.77. The topological polar surface area (TPSA) is 86.6 Å². The van der Waals surface area contributed by atoms with E-state index in [0.29, 0.717) is 12.8 Å². The van der Waals surface area contributed by atoms with Gasteiger partial charge in [0.1, 0.15) is 0 Å². The summed E-state index contributed by atoms with van der Waals surface area (Å²) < 4.78 is 0. The van der Waals surface area contributed by atoms with Crippen LogP contribution < -0.4 is 5.32 Å². The van der Waals surface area contributed by atoms with Crippen molar-refractivity contribution in [2.24, 2.45) is 11.8 Å². The number of carboxylic acids is 1. The molecular formula is C10H17NO4. The molecule has 3 atom stereocenters.